The van der Waals surface area contributed by atoms with Crippen LogP contribution in [0.25, 0.3) is 0 Å². The van der Waals surface area contributed by atoms with Gasteiger partial charge in [-0.3, -0.25) is 9.59 Å². The average molecular weight is 293 g/mol. The number of nitrogens with zero attached hydrogens (tertiary/aromatic N) is 2. The molecule has 2 amide bonds. The van der Waals surface area contributed by atoms with Gasteiger partial charge in [0.1, 0.15) is 0 Å². The highest BCUT2D eigenvalue weighted by Crippen LogP contribution is 2.21. The van der Waals surface area contributed by atoms with E-state index in [2.05, 4.69) is 25.7 Å². The number of carbonyl (C=O) groups excluding carboxylic acids is 2. The predicted molar refractivity (Wildman–Crippen MR) is 82.8 cm³/mol. The maximum Gasteiger partial charge on any atom is 0.245 e. The highest BCUT2D eigenvalue weighted by atomic mass is 16.2. The molecule has 1 N–H and O–H groups in total. The predicted octanol–water partition coefficient (Wildman–Crippen LogP) is 1.01. The number of hydrogen-bond donors (Lipinski definition) is 1. The van der Waals surface area contributed by atoms with Gasteiger partial charge in [0.25, 0.3) is 0 Å². The quantitative estimate of drug-likeness (QED) is 0.790. The Balaban J connectivity index is 1.89. The Labute approximate surface area is 127 Å². The number of hydrogen-bond acceptors (Lipinski definition) is 3. The Bertz CT molecular complexity index is 402. The summed E-state index contributed by atoms with van der Waals surface area (Å²) >= 11 is 0. The number of nitrogens with one attached hydrogen (secondary N) is 1. The Morgan fingerprint density at radius 2 is 1.90 bits per heavy atom. The van der Waals surface area contributed by atoms with Crippen molar-refractivity contribution < 1.29 is 9.59 Å². The molecule has 0 aliphatic carbocycles. The van der Waals surface area contributed by atoms with E-state index in [1.807, 2.05) is 4.90 Å². The van der Waals surface area contributed by atoms with Gasteiger partial charge in [0, 0.05) is 44.2 Å². The van der Waals surface area contributed by atoms with Crippen molar-refractivity contribution in [3.8, 4) is 0 Å². The van der Waals surface area contributed by atoms with Gasteiger partial charge in [-0.05, 0) is 32.3 Å². The molecule has 2 aliphatic heterocycles. The normalized spacial score (nSPS) is 27.5. The summed E-state index contributed by atoms with van der Waals surface area (Å²) in [5.41, 5.74) is 0. The molecule has 0 unspecified atom stereocenters. The highest BCUT2D eigenvalue weighted by Gasteiger charge is 2.33. The summed E-state index contributed by atoms with van der Waals surface area (Å²) < 4.78 is 0. The molecule has 2 saturated heterocycles. The van der Waals surface area contributed by atoms with Crippen LogP contribution >= 0.6 is 0 Å². The first-order chi connectivity index (χ1) is 10.0. The van der Waals surface area contributed by atoms with Gasteiger partial charge in [0.15, 0.2) is 0 Å². The third-order valence-corrected chi connectivity index (χ3v) is 4.59. The Hall–Kier alpha value is -1.36. The van der Waals surface area contributed by atoms with E-state index < -0.39 is 0 Å². The van der Waals surface area contributed by atoms with Gasteiger partial charge in [-0.2, -0.15) is 0 Å². The largest absolute Gasteiger partial charge is 0.339 e. The van der Waals surface area contributed by atoms with Gasteiger partial charge < -0.3 is 15.1 Å². The fourth-order valence-electron chi connectivity index (χ4n) is 3.34. The van der Waals surface area contributed by atoms with Crippen molar-refractivity contribution in [2.45, 2.75) is 45.2 Å². The molecule has 2 atom stereocenters. The topological polar surface area (TPSA) is 52.7 Å². The average Bonchev–Trinajstić information content (AvgIpc) is 2.52. The molecule has 0 aromatic heterocycles. The molecule has 118 valence electrons. The third kappa shape index (κ3) is 3.84. The second-order valence-corrected chi connectivity index (χ2v) is 6.22. The van der Waals surface area contributed by atoms with Crippen LogP contribution in [0.4, 0.5) is 0 Å². The van der Waals surface area contributed by atoms with Crippen molar-refractivity contribution in [3.63, 3.8) is 0 Å². The molecule has 0 aromatic rings. The zero-order chi connectivity index (χ0) is 15.4. The Kier molecular flexibility index (Phi) is 5.39. The lowest BCUT2D eigenvalue weighted by Gasteiger charge is -2.40. The van der Waals surface area contributed by atoms with Crippen LogP contribution in [0.1, 0.15) is 33.1 Å². The summed E-state index contributed by atoms with van der Waals surface area (Å²) in [7, 11) is 0. The SMILES string of the molecule is C=CC(=O)N1CCC(C(=O)N2C[C@@H](CC)N[C@@H](C)C2)CC1. The Morgan fingerprint density at radius 1 is 1.24 bits per heavy atom. The van der Waals surface area contributed by atoms with E-state index in [0.717, 1.165) is 32.4 Å². The molecular weight excluding hydrogens is 266 g/mol. The second-order valence-electron chi connectivity index (χ2n) is 6.22. The fraction of sp³-hybridized carbons (Fsp3) is 0.750. The van der Waals surface area contributed by atoms with Crippen LogP contribution < -0.4 is 5.32 Å². The van der Waals surface area contributed by atoms with Crippen LogP contribution in [-0.4, -0.2) is 59.9 Å². The monoisotopic (exact) mass is 293 g/mol. The van der Waals surface area contributed by atoms with Crippen molar-refractivity contribution in [1.29, 1.82) is 0 Å². The number of piperidine rings is 1. The zero-order valence-corrected chi connectivity index (χ0v) is 13.2. The van der Waals surface area contributed by atoms with Gasteiger partial charge in [-0.25, -0.2) is 0 Å². The van der Waals surface area contributed by atoms with Crippen molar-refractivity contribution in [2.75, 3.05) is 26.2 Å². The molecule has 0 saturated carbocycles. The number of amides is 2. The van der Waals surface area contributed by atoms with Crippen LogP contribution in [0, 0.1) is 5.92 Å². The summed E-state index contributed by atoms with van der Waals surface area (Å²) in [4.78, 5) is 28.1. The van der Waals surface area contributed by atoms with Gasteiger partial charge in [-0.1, -0.05) is 13.5 Å². The number of carbonyl (C=O) groups is 2. The van der Waals surface area contributed by atoms with Crippen molar-refractivity contribution in [1.82, 2.24) is 15.1 Å². The summed E-state index contributed by atoms with van der Waals surface area (Å²) in [6.07, 6.45) is 3.94. The van der Waals surface area contributed by atoms with Gasteiger partial charge in [0.2, 0.25) is 11.8 Å². The molecule has 2 rings (SSSR count). The lowest BCUT2D eigenvalue weighted by Crippen LogP contribution is -2.58. The molecule has 0 aromatic carbocycles. The van der Waals surface area contributed by atoms with Crippen molar-refractivity contribution in [2.24, 2.45) is 5.92 Å². The van der Waals surface area contributed by atoms with Crippen molar-refractivity contribution >= 4 is 11.8 Å². The fourth-order valence-corrected chi connectivity index (χ4v) is 3.34. The third-order valence-electron chi connectivity index (χ3n) is 4.59. The summed E-state index contributed by atoms with van der Waals surface area (Å²) in [6, 6.07) is 0.759. The van der Waals surface area contributed by atoms with E-state index in [9.17, 15) is 9.59 Å². The van der Waals surface area contributed by atoms with Crippen LogP contribution in [0.15, 0.2) is 12.7 Å². The Morgan fingerprint density at radius 3 is 2.48 bits per heavy atom. The lowest BCUT2D eigenvalue weighted by atomic mass is 9.94. The molecule has 21 heavy (non-hydrogen) atoms. The van der Waals surface area contributed by atoms with Gasteiger partial charge >= 0.3 is 0 Å². The minimum atomic E-state index is -0.0252. The van der Waals surface area contributed by atoms with E-state index >= 15 is 0 Å². The van der Waals surface area contributed by atoms with Crippen LogP contribution in [0.3, 0.4) is 0 Å². The minimum Gasteiger partial charge on any atom is -0.339 e. The molecule has 0 spiro atoms. The first-order valence-corrected chi connectivity index (χ1v) is 8.01. The van der Waals surface area contributed by atoms with E-state index in [4.69, 9.17) is 0 Å². The lowest BCUT2D eigenvalue weighted by molar-refractivity contribution is -0.141. The standard InChI is InChI=1S/C16H27N3O2/c1-4-14-11-19(10-12(3)17-14)16(21)13-6-8-18(9-7-13)15(20)5-2/h5,12-14,17H,2,4,6-11H2,1,3H3/t12-,14+/m0/s1. The maximum atomic E-state index is 12.7. The molecule has 2 fully saturated rings. The van der Waals surface area contributed by atoms with Crippen LogP contribution in [-0.2, 0) is 9.59 Å². The molecular formula is C16H27N3O2. The molecule has 2 heterocycles. The minimum absolute atomic E-state index is 0.0252. The van der Waals surface area contributed by atoms with Gasteiger partial charge in [0.05, 0.1) is 0 Å². The second kappa shape index (κ2) is 7.07. The summed E-state index contributed by atoms with van der Waals surface area (Å²) in [5, 5.41) is 3.53. The number of piperazine rings is 1. The van der Waals surface area contributed by atoms with Crippen LogP contribution in [0.5, 0.6) is 0 Å². The number of likely N-dealkylation sites (tertiary alicyclic amines) is 1. The van der Waals surface area contributed by atoms with Gasteiger partial charge in [-0.15, -0.1) is 0 Å². The van der Waals surface area contributed by atoms with E-state index in [1.54, 1.807) is 4.90 Å². The molecule has 2 aliphatic rings. The summed E-state index contributed by atoms with van der Waals surface area (Å²) in [6.45, 7) is 10.7. The summed E-state index contributed by atoms with van der Waals surface area (Å²) in [5.74, 6) is 0.317. The first kappa shape index (κ1) is 16.0. The smallest absolute Gasteiger partial charge is 0.245 e. The highest BCUT2D eigenvalue weighted by molar-refractivity contribution is 5.87. The van der Waals surface area contributed by atoms with E-state index in [1.165, 1.54) is 6.08 Å². The maximum absolute atomic E-state index is 12.7. The molecule has 0 bridgehead atoms. The van der Waals surface area contributed by atoms with E-state index in [-0.39, 0.29) is 17.7 Å². The molecule has 0 radical (unpaired) electrons. The number of rotatable bonds is 3. The molecule has 5 nitrogen and oxygen atoms in total. The van der Waals surface area contributed by atoms with Crippen molar-refractivity contribution in [3.05, 3.63) is 12.7 Å². The zero-order valence-electron chi connectivity index (χ0n) is 13.2. The first-order valence-electron chi connectivity index (χ1n) is 8.01. The van der Waals surface area contributed by atoms with Crippen LogP contribution in [0.2, 0.25) is 0 Å². The molecule has 5 heteroatoms. The van der Waals surface area contributed by atoms with E-state index in [0.29, 0.717) is 25.2 Å².